The molecule has 3 heteroatoms. The average Bonchev–Trinajstić information content (AvgIpc) is 3.10. The van der Waals surface area contributed by atoms with Crippen LogP contribution < -0.4 is 5.32 Å². The first-order valence-electron chi connectivity index (χ1n) is 7.82. The monoisotopic (exact) mass is 250 g/mol. The molecule has 1 aliphatic heterocycles. The summed E-state index contributed by atoms with van der Waals surface area (Å²) < 4.78 is 0. The summed E-state index contributed by atoms with van der Waals surface area (Å²) in [5.41, 5.74) is 0. The highest BCUT2D eigenvalue weighted by Gasteiger charge is 2.40. The van der Waals surface area contributed by atoms with E-state index in [4.69, 9.17) is 0 Å². The van der Waals surface area contributed by atoms with Gasteiger partial charge in [0.15, 0.2) is 0 Å². The molecule has 3 unspecified atom stereocenters. The largest absolute Gasteiger partial charge is 0.341 e. The minimum Gasteiger partial charge on any atom is -0.341 e. The number of nitrogens with zero attached hydrogens (tertiary/aromatic N) is 1. The van der Waals surface area contributed by atoms with Crippen molar-refractivity contribution in [3.63, 3.8) is 0 Å². The van der Waals surface area contributed by atoms with E-state index in [9.17, 15) is 4.79 Å². The lowest BCUT2D eigenvalue weighted by Gasteiger charge is -2.25. The number of likely N-dealkylation sites (N-methyl/N-ethyl adjacent to an activating group) is 1. The van der Waals surface area contributed by atoms with Crippen LogP contribution in [0.5, 0.6) is 0 Å². The first-order valence-corrected chi connectivity index (χ1v) is 7.82. The SMILES string of the molecule is CCN(CC1CC1)C(=O)C1CC2CCCCC2N1. The fraction of sp³-hybridized carbons (Fsp3) is 0.933. The number of fused-ring (bicyclic) bond motifs is 1. The van der Waals surface area contributed by atoms with Crippen molar-refractivity contribution < 1.29 is 4.79 Å². The summed E-state index contributed by atoms with van der Waals surface area (Å²) in [6.45, 7) is 3.99. The van der Waals surface area contributed by atoms with Crippen molar-refractivity contribution in [1.82, 2.24) is 10.2 Å². The zero-order valence-corrected chi connectivity index (χ0v) is 11.5. The summed E-state index contributed by atoms with van der Waals surface area (Å²) in [6, 6.07) is 0.754. The highest BCUT2D eigenvalue weighted by Crippen LogP contribution is 2.34. The van der Waals surface area contributed by atoms with E-state index in [0.717, 1.165) is 31.3 Å². The number of carbonyl (C=O) groups excluding carboxylic acids is 1. The molecule has 1 saturated heterocycles. The molecule has 3 rings (SSSR count). The van der Waals surface area contributed by atoms with Crippen molar-refractivity contribution >= 4 is 5.91 Å². The van der Waals surface area contributed by atoms with Crippen molar-refractivity contribution in [2.24, 2.45) is 11.8 Å². The van der Waals surface area contributed by atoms with Crippen LogP contribution in [0, 0.1) is 11.8 Å². The Morgan fingerprint density at radius 2 is 2.00 bits per heavy atom. The second kappa shape index (κ2) is 5.20. The minimum absolute atomic E-state index is 0.122. The molecule has 102 valence electrons. The van der Waals surface area contributed by atoms with Gasteiger partial charge in [-0.25, -0.2) is 0 Å². The Morgan fingerprint density at radius 3 is 2.67 bits per heavy atom. The second-order valence-electron chi connectivity index (χ2n) is 6.43. The van der Waals surface area contributed by atoms with Crippen LogP contribution in [0.3, 0.4) is 0 Å². The molecule has 3 aliphatic rings. The standard InChI is InChI=1S/C15H26N2O/c1-2-17(10-11-7-8-11)15(18)14-9-12-5-3-4-6-13(12)16-14/h11-14,16H,2-10H2,1H3. The molecule has 2 saturated carbocycles. The second-order valence-corrected chi connectivity index (χ2v) is 6.43. The quantitative estimate of drug-likeness (QED) is 0.829. The van der Waals surface area contributed by atoms with Crippen LogP contribution in [0.4, 0.5) is 0 Å². The van der Waals surface area contributed by atoms with Crippen LogP contribution in [0.2, 0.25) is 0 Å². The lowest BCUT2D eigenvalue weighted by Crippen LogP contribution is -2.46. The highest BCUT2D eigenvalue weighted by molar-refractivity contribution is 5.82. The molecule has 1 heterocycles. The third-order valence-electron chi connectivity index (χ3n) is 5.03. The van der Waals surface area contributed by atoms with Gasteiger partial charge in [-0.05, 0) is 50.9 Å². The van der Waals surface area contributed by atoms with Gasteiger partial charge < -0.3 is 10.2 Å². The van der Waals surface area contributed by atoms with Gasteiger partial charge in [0.25, 0.3) is 0 Å². The summed E-state index contributed by atoms with van der Waals surface area (Å²) in [5.74, 6) is 1.95. The Bertz CT molecular complexity index is 300. The van der Waals surface area contributed by atoms with Gasteiger partial charge in [-0.2, -0.15) is 0 Å². The van der Waals surface area contributed by atoms with E-state index >= 15 is 0 Å². The molecule has 18 heavy (non-hydrogen) atoms. The normalized spacial score (nSPS) is 35.3. The Hall–Kier alpha value is -0.570. The van der Waals surface area contributed by atoms with Gasteiger partial charge in [0.1, 0.15) is 0 Å². The molecular weight excluding hydrogens is 224 g/mol. The lowest BCUT2D eigenvalue weighted by molar-refractivity contribution is -0.133. The molecule has 1 amide bonds. The average molecular weight is 250 g/mol. The molecule has 0 radical (unpaired) electrons. The van der Waals surface area contributed by atoms with Crippen LogP contribution >= 0.6 is 0 Å². The minimum atomic E-state index is 0.122. The fourth-order valence-electron chi connectivity index (χ4n) is 3.72. The predicted octanol–water partition coefficient (Wildman–Crippen LogP) is 2.17. The summed E-state index contributed by atoms with van der Waals surface area (Å²) in [4.78, 5) is 14.6. The molecule has 2 aliphatic carbocycles. The van der Waals surface area contributed by atoms with Gasteiger partial charge in [0, 0.05) is 19.1 Å². The van der Waals surface area contributed by atoms with Gasteiger partial charge in [0.2, 0.25) is 5.91 Å². The molecule has 0 aromatic heterocycles. The van der Waals surface area contributed by atoms with Crippen LogP contribution in [0.25, 0.3) is 0 Å². The van der Waals surface area contributed by atoms with Crippen molar-refractivity contribution in [2.75, 3.05) is 13.1 Å². The lowest BCUT2D eigenvalue weighted by atomic mass is 9.85. The van der Waals surface area contributed by atoms with Crippen LogP contribution in [0.15, 0.2) is 0 Å². The summed E-state index contributed by atoms with van der Waals surface area (Å²) in [5, 5.41) is 3.61. The van der Waals surface area contributed by atoms with E-state index in [1.165, 1.54) is 38.5 Å². The zero-order valence-electron chi connectivity index (χ0n) is 11.5. The van der Waals surface area contributed by atoms with Crippen molar-refractivity contribution in [2.45, 2.75) is 64.0 Å². The molecular formula is C15H26N2O. The van der Waals surface area contributed by atoms with Crippen LogP contribution in [0.1, 0.15) is 51.9 Å². The maximum Gasteiger partial charge on any atom is 0.239 e. The highest BCUT2D eigenvalue weighted by atomic mass is 16.2. The van der Waals surface area contributed by atoms with Crippen molar-refractivity contribution in [1.29, 1.82) is 0 Å². The van der Waals surface area contributed by atoms with E-state index in [1.54, 1.807) is 0 Å². The smallest absolute Gasteiger partial charge is 0.239 e. The Balaban J connectivity index is 1.57. The topological polar surface area (TPSA) is 32.3 Å². The molecule has 3 fully saturated rings. The third kappa shape index (κ3) is 2.56. The number of hydrogen-bond donors (Lipinski definition) is 1. The Kier molecular flexibility index (Phi) is 3.60. The summed E-state index contributed by atoms with van der Waals surface area (Å²) in [7, 11) is 0. The summed E-state index contributed by atoms with van der Waals surface area (Å²) >= 11 is 0. The molecule has 0 aromatic rings. The van der Waals surface area contributed by atoms with Crippen LogP contribution in [-0.4, -0.2) is 36.0 Å². The van der Waals surface area contributed by atoms with Gasteiger partial charge in [0.05, 0.1) is 6.04 Å². The molecule has 0 bridgehead atoms. The molecule has 0 aromatic carbocycles. The number of nitrogens with one attached hydrogen (secondary N) is 1. The van der Waals surface area contributed by atoms with Crippen molar-refractivity contribution in [3.05, 3.63) is 0 Å². The predicted molar refractivity (Wildman–Crippen MR) is 72.3 cm³/mol. The maximum atomic E-state index is 12.5. The van der Waals surface area contributed by atoms with Gasteiger partial charge in [-0.1, -0.05) is 12.8 Å². The molecule has 0 spiro atoms. The van der Waals surface area contributed by atoms with Gasteiger partial charge >= 0.3 is 0 Å². The van der Waals surface area contributed by atoms with Gasteiger partial charge in [-0.15, -0.1) is 0 Å². The summed E-state index contributed by atoms with van der Waals surface area (Å²) in [6.07, 6.45) is 9.06. The first-order chi connectivity index (χ1) is 8.78. The number of rotatable bonds is 4. The molecule has 3 nitrogen and oxygen atoms in total. The number of carbonyl (C=O) groups is 1. The van der Waals surface area contributed by atoms with E-state index in [-0.39, 0.29) is 6.04 Å². The first kappa shape index (κ1) is 12.5. The van der Waals surface area contributed by atoms with E-state index in [1.807, 2.05) is 0 Å². The van der Waals surface area contributed by atoms with Crippen LogP contribution in [-0.2, 0) is 4.79 Å². The molecule has 1 N–H and O–H groups in total. The molecule has 3 atom stereocenters. The zero-order chi connectivity index (χ0) is 12.5. The Morgan fingerprint density at radius 1 is 1.22 bits per heavy atom. The van der Waals surface area contributed by atoms with E-state index < -0.39 is 0 Å². The number of amides is 1. The Labute approximate surface area is 110 Å². The van der Waals surface area contributed by atoms with Crippen molar-refractivity contribution in [3.8, 4) is 0 Å². The number of hydrogen-bond acceptors (Lipinski definition) is 2. The third-order valence-corrected chi connectivity index (χ3v) is 5.03. The fourth-order valence-corrected chi connectivity index (χ4v) is 3.72. The van der Waals surface area contributed by atoms with E-state index in [0.29, 0.717) is 11.9 Å². The van der Waals surface area contributed by atoms with E-state index in [2.05, 4.69) is 17.1 Å². The maximum absolute atomic E-state index is 12.5. The van der Waals surface area contributed by atoms with Gasteiger partial charge in [-0.3, -0.25) is 4.79 Å².